The predicted octanol–water partition coefficient (Wildman–Crippen LogP) is 3.68. The molecule has 4 N–H and O–H groups in total. The van der Waals surface area contributed by atoms with Gasteiger partial charge in [-0.05, 0) is 51.9 Å². The maximum absolute atomic E-state index is 5.17. The second-order valence-corrected chi connectivity index (χ2v) is 6.56. The monoisotopic (exact) mass is 286 g/mol. The van der Waals surface area contributed by atoms with Crippen LogP contribution >= 0.6 is 0 Å². The van der Waals surface area contributed by atoms with Gasteiger partial charge in [0.15, 0.2) is 0 Å². The van der Waals surface area contributed by atoms with Crippen LogP contribution in [0.15, 0.2) is 5.10 Å². The Morgan fingerprint density at radius 2 is 1.40 bits per heavy atom. The highest BCUT2D eigenvalue weighted by atomic mass is 15.3. The van der Waals surface area contributed by atoms with E-state index in [2.05, 4.69) is 71.3 Å². The summed E-state index contributed by atoms with van der Waals surface area (Å²) < 4.78 is 0. The Labute approximate surface area is 126 Å². The van der Waals surface area contributed by atoms with Crippen LogP contribution in [0.3, 0.4) is 0 Å². The molecule has 0 saturated heterocycles. The van der Waals surface area contributed by atoms with Gasteiger partial charge in [-0.15, -0.1) is 0 Å². The van der Waals surface area contributed by atoms with Crippen molar-refractivity contribution in [3.8, 4) is 0 Å². The van der Waals surface area contributed by atoms with Crippen molar-refractivity contribution in [1.29, 1.82) is 0 Å². The Balaban J connectivity index is 0. The Morgan fingerprint density at radius 1 is 0.950 bits per heavy atom. The zero-order valence-electron chi connectivity index (χ0n) is 15.0. The van der Waals surface area contributed by atoms with Gasteiger partial charge >= 0.3 is 0 Å². The van der Waals surface area contributed by atoms with Crippen molar-refractivity contribution in [3.05, 3.63) is 0 Å². The van der Waals surface area contributed by atoms with Gasteiger partial charge in [-0.2, -0.15) is 5.10 Å². The molecule has 0 heterocycles. The molecule has 0 spiro atoms. The van der Waals surface area contributed by atoms with E-state index in [0.717, 1.165) is 24.7 Å². The summed E-state index contributed by atoms with van der Waals surface area (Å²) in [5.41, 5.74) is 7.02. The largest absolute Gasteiger partial charge is 0.307 e. The Bertz CT molecular complexity index is 237. The molecule has 0 rings (SSSR count). The van der Waals surface area contributed by atoms with Gasteiger partial charge in [-0.1, -0.05) is 34.6 Å². The van der Waals surface area contributed by atoms with Crippen LogP contribution in [0.4, 0.5) is 0 Å². The van der Waals surface area contributed by atoms with Crippen LogP contribution in [-0.4, -0.2) is 17.8 Å². The van der Waals surface area contributed by atoms with Crippen molar-refractivity contribution in [2.24, 2.45) is 22.8 Å². The topological polar surface area (TPSA) is 62.4 Å². The summed E-state index contributed by atoms with van der Waals surface area (Å²) in [4.78, 5) is 0. The molecule has 2 atom stereocenters. The molecule has 4 heteroatoms. The standard InChI is InChI=1S/C10H22N2.C6H16N2/c1-6-9(4)11-12-10(5)7-8(2)3;1-5(2)4-6(3)8-7/h8,10,12H,6-7H2,1-5H3;5-6,8H,4,7H2,1-3H3. The van der Waals surface area contributed by atoms with Crippen molar-refractivity contribution in [1.82, 2.24) is 10.9 Å². The number of hydrazone groups is 1. The van der Waals surface area contributed by atoms with Crippen molar-refractivity contribution >= 4 is 5.71 Å². The molecule has 20 heavy (non-hydrogen) atoms. The van der Waals surface area contributed by atoms with Crippen LogP contribution in [0.25, 0.3) is 0 Å². The third-order valence-electron chi connectivity index (χ3n) is 2.92. The molecule has 0 fully saturated rings. The number of hydrogen-bond donors (Lipinski definition) is 3. The van der Waals surface area contributed by atoms with Gasteiger partial charge in [0.1, 0.15) is 0 Å². The maximum Gasteiger partial charge on any atom is 0.0414 e. The average Bonchev–Trinajstić information content (AvgIpc) is 2.34. The van der Waals surface area contributed by atoms with Crippen LogP contribution in [0.1, 0.15) is 74.7 Å². The minimum Gasteiger partial charge on any atom is -0.307 e. The molecule has 0 aliphatic rings. The molecule has 0 amide bonds. The van der Waals surface area contributed by atoms with Crippen LogP contribution in [0, 0.1) is 11.8 Å². The van der Waals surface area contributed by atoms with Crippen LogP contribution in [-0.2, 0) is 0 Å². The summed E-state index contributed by atoms with van der Waals surface area (Å²) in [6.45, 7) is 17.3. The first-order valence-electron chi connectivity index (χ1n) is 7.97. The minimum absolute atomic E-state index is 0.454. The molecule has 0 aromatic carbocycles. The lowest BCUT2D eigenvalue weighted by Gasteiger charge is -2.13. The fourth-order valence-electron chi connectivity index (χ4n) is 1.83. The third kappa shape index (κ3) is 17.4. The van der Waals surface area contributed by atoms with Gasteiger partial charge in [0, 0.05) is 17.8 Å². The Kier molecular flexibility index (Phi) is 14.5. The van der Waals surface area contributed by atoms with Crippen molar-refractivity contribution in [3.63, 3.8) is 0 Å². The number of nitrogens with one attached hydrogen (secondary N) is 2. The summed E-state index contributed by atoms with van der Waals surface area (Å²) in [5, 5.41) is 4.26. The first-order chi connectivity index (χ1) is 9.22. The molecule has 0 aromatic heterocycles. The quantitative estimate of drug-likeness (QED) is 0.362. The van der Waals surface area contributed by atoms with Crippen molar-refractivity contribution in [2.75, 3.05) is 0 Å². The highest BCUT2D eigenvalue weighted by molar-refractivity contribution is 5.81. The molecule has 0 bridgehead atoms. The molecular weight excluding hydrogens is 248 g/mol. The highest BCUT2D eigenvalue weighted by Gasteiger charge is 2.02. The Hall–Kier alpha value is -0.610. The Morgan fingerprint density at radius 3 is 1.70 bits per heavy atom. The fourth-order valence-corrected chi connectivity index (χ4v) is 1.83. The van der Waals surface area contributed by atoms with E-state index in [1.165, 1.54) is 12.1 Å². The fraction of sp³-hybridized carbons (Fsp3) is 0.938. The van der Waals surface area contributed by atoms with Crippen LogP contribution < -0.4 is 16.7 Å². The summed E-state index contributed by atoms with van der Waals surface area (Å²) >= 11 is 0. The van der Waals surface area contributed by atoms with Gasteiger partial charge in [0.2, 0.25) is 0 Å². The van der Waals surface area contributed by atoms with Gasteiger partial charge in [-0.3, -0.25) is 11.3 Å². The molecule has 0 radical (unpaired) electrons. The van der Waals surface area contributed by atoms with E-state index >= 15 is 0 Å². The van der Waals surface area contributed by atoms with Crippen LogP contribution in [0.2, 0.25) is 0 Å². The predicted molar refractivity (Wildman–Crippen MR) is 91.7 cm³/mol. The normalized spacial score (nSPS) is 14.8. The summed E-state index contributed by atoms with van der Waals surface area (Å²) in [7, 11) is 0. The lowest BCUT2D eigenvalue weighted by Crippen LogP contribution is -2.33. The molecule has 0 aliphatic heterocycles. The molecular formula is C16H38N4. The van der Waals surface area contributed by atoms with E-state index in [1.54, 1.807) is 0 Å². The molecule has 0 saturated carbocycles. The number of nitrogens with two attached hydrogens (primary N) is 1. The van der Waals surface area contributed by atoms with Gasteiger partial charge in [0.25, 0.3) is 0 Å². The first kappa shape index (κ1) is 21.7. The average molecular weight is 287 g/mol. The highest BCUT2D eigenvalue weighted by Crippen LogP contribution is 2.03. The van der Waals surface area contributed by atoms with Gasteiger partial charge < -0.3 is 5.43 Å². The number of rotatable bonds is 8. The first-order valence-corrected chi connectivity index (χ1v) is 7.97. The third-order valence-corrected chi connectivity index (χ3v) is 2.92. The van der Waals surface area contributed by atoms with Crippen molar-refractivity contribution in [2.45, 2.75) is 86.7 Å². The second-order valence-electron chi connectivity index (χ2n) is 6.56. The number of nitrogens with zero attached hydrogens (tertiary/aromatic N) is 1. The minimum atomic E-state index is 0.454. The number of hydrogen-bond acceptors (Lipinski definition) is 4. The zero-order chi connectivity index (χ0) is 16.1. The zero-order valence-corrected chi connectivity index (χ0v) is 15.0. The second kappa shape index (κ2) is 13.4. The smallest absolute Gasteiger partial charge is 0.0414 e. The van der Waals surface area contributed by atoms with Crippen molar-refractivity contribution < 1.29 is 0 Å². The van der Waals surface area contributed by atoms with E-state index in [0.29, 0.717) is 12.1 Å². The lowest BCUT2D eigenvalue weighted by atomic mass is 10.1. The number of hydrazine groups is 1. The molecule has 0 aliphatic carbocycles. The van der Waals surface area contributed by atoms with E-state index in [1.807, 2.05) is 0 Å². The maximum atomic E-state index is 5.17. The van der Waals surface area contributed by atoms with E-state index in [9.17, 15) is 0 Å². The summed E-state index contributed by atoms with van der Waals surface area (Å²) in [5.74, 6) is 6.65. The molecule has 122 valence electrons. The molecule has 2 unspecified atom stereocenters. The van der Waals surface area contributed by atoms with Gasteiger partial charge in [0.05, 0.1) is 0 Å². The lowest BCUT2D eigenvalue weighted by molar-refractivity contribution is 0.451. The molecule has 4 nitrogen and oxygen atoms in total. The van der Waals surface area contributed by atoms with E-state index < -0.39 is 0 Å². The molecule has 0 aromatic rings. The van der Waals surface area contributed by atoms with Crippen LogP contribution in [0.5, 0.6) is 0 Å². The summed E-state index contributed by atoms with van der Waals surface area (Å²) in [6, 6.07) is 0.946. The SMILES string of the molecule is CC(C)CC(C)NN.CCC(C)=NNC(C)CC(C)C. The van der Waals surface area contributed by atoms with E-state index in [4.69, 9.17) is 5.84 Å². The van der Waals surface area contributed by atoms with E-state index in [-0.39, 0.29) is 0 Å². The van der Waals surface area contributed by atoms with Gasteiger partial charge in [-0.25, -0.2) is 0 Å². The summed E-state index contributed by atoms with van der Waals surface area (Å²) in [6.07, 6.45) is 3.36.